The lowest BCUT2D eigenvalue weighted by atomic mass is 10.0. The van der Waals surface area contributed by atoms with E-state index in [1.807, 2.05) is 6.92 Å². The van der Waals surface area contributed by atoms with E-state index in [4.69, 9.17) is 0 Å². The molecule has 1 heterocycles. The Morgan fingerprint density at radius 3 is 2.44 bits per heavy atom. The number of rotatable bonds is 3. The number of nitrogens with zero attached hydrogens (tertiary/aromatic N) is 1. The van der Waals surface area contributed by atoms with Crippen molar-refractivity contribution in [2.24, 2.45) is 5.92 Å². The summed E-state index contributed by atoms with van der Waals surface area (Å²) in [5, 5.41) is 3.08. The Morgan fingerprint density at radius 2 is 1.94 bits per heavy atom. The molecule has 0 aromatic carbocycles. The van der Waals surface area contributed by atoms with E-state index in [9.17, 15) is 18.0 Å². The summed E-state index contributed by atoms with van der Waals surface area (Å²) in [4.78, 5) is 12.9. The minimum absolute atomic E-state index is 0.174. The maximum atomic E-state index is 12.6. The Morgan fingerprint density at radius 1 is 1.33 bits per heavy atom. The Labute approximate surface area is 105 Å². The van der Waals surface area contributed by atoms with Crippen LogP contribution in [0, 0.1) is 5.92 Å². The first-order valence-corrected chi connectivity index (χ1v) is 6.55. The molecule has 104 valence electrons. The number of carbonyl (C=O) groups is 1. The smallest absolute Gasteiger partial charge is 0.316 e. The van der Waals surface area contributed by atoms with E-state index in [2.05, 4.69) is 5.32 Å². The quantitative estimate of drug-likeness (QED) is 0.848. The van der Waals surface area contributed by atoms with Crippen molar-refractivity contribution < 1.29 is 18.0 Å². The highest BCUT2D eigenvalue weighted by molar-refractivity contribution is 5.84. The van der Waals surface area contributed by atoms with Gasteiger partial charge in [0.05, 0.1) is 12.2 Å². The lowest BCUT2D eigenvalue weighted by molar-refractivity contribution is -0.163. The van der Waals surface area contributed by atoms with E-state index in [1.54, 1.807) is 0 Å². The highest BCUT2D eigenvalue weighted by atomic mass is 19.4. The topological polar surface area (TPSA) is 32.3 Å². The van der Waals surface area contributed by atoms with E-state index in [0.717, 1.165) is 30.6 Å². The zero-order valence-corrected chi connectivity index (χ0v) is 10.5. The summed E-state index contributed by atoms with van der Waals surface area (Å²) < 4.78 is 37.7. The van der Waals surface area contributed by atoms with Crippen LogP contribution in [0.15, 0.2) is 0 Å². The molecule has 0 spiro atoms. The molecule has 0 aromatic heterocycles. The van der Waals surface area contributed by atoms with Crippen molar-refractivity contribution in [1.82, 2.24) is 10.2 Å². The van der Waals surface area contributed by atoms with Gasteiger partial charge in [0.15, 0.2) is 0 Å². The molecule has 1 aliphatic carbocycles. The molecular weight excluding hydrogens is 245 g/mol. The molecule has 2 fully saturated rings. The summed E-state index contributed by atoms with van der Waals surface area (Å²) in [5.41, 5.74) is 0. The monoisotopic (exact) mass is 264 g/mol. The van der Waals surface area contributed by atoms with Crippen LogP contribution in [0.2, 0.25) is 0 Å². The number of nitrogens with one attached hydrogen (secondary N) is 1. The third-order valence-corrected chi connectivity index (χ3v) is 3.89. The van der Waals surface area contributed by atoms with E-state index >= 15 is 0 Å². The molecule has 2 aliphatic rings. The molecule has 0 radical (unpaired) electrons. The molecule has 2 rings (SSSR count). The zero-order chi connectivity index (χ0) is 13.3. The van der Waals surface area contributed by atoms with Gasteiger partial charge in [-0.05, 0) is 25.2 Å². The van der Waals surface area contributed by atoms with Crippen LogP contribution in [0.1, 0.15) is 39.0 Å². The SMILES string of the molecule is CCC1NC(C2CCCC2)N(CC(F)(F)F)C1=O. The summed E-state index contributed by atoms with van der Waals surface area (Å²) in [6.45, 7) is 0.689. The molecule has 3 nitrogen and oxygen atoms in total. The molecule has 1 aliphatic heterocycles. The predicted octanol–water partition coefficient (Wildman–Crippen LogP) is 2.28. The van der Waals surface area contributed by atoms with Crippen LogP contribution in [-0.4, -0.2) is 35.7 Å². The highest BCUT2D eigenvalue weighted by Crippen LogP contribution is 2.33. The zero-order valence-electron chi connectivity index (χ0n) is 10.5. The van der Waals surface area contributed by atoms with Crippen LogP contribution < -0.4 is 5.32 Å². The highest BCUT2D eigenvalue weighted by Gasteiger charge is 2.46. The van der Waals surface area contributed by atoms with Gasteiger partial charge in [0, 0.05) is 0 Å². The molecular formula is C12H19F3N2O. The molecule has 1 amide bonds. The van der Waals surface area contributed by atoms with Crippen LogP contribution in [0.3, 0.4) is 0 Å². The normalized spacial score (nSPS) is 30.4. The molecule has 1 saturated carbocycles. The lowest BCUT2D eigenvalue weighted by Crippen LogP contribution is -2.46. The number of halogens is 3. The predicted molar refractivity (Wildman–Crippen MR) is 60.7 cm³/mol. The van der Waals surface area contributed by atoms with Crippen molar-refractivity contribution in [3.8, 4) is 0 Å². The van der Waals surface area contributed by atoms with Crippen molar-refractivity contribution >= 4 is 5.91 Å². The fraction of sp³-hybridized carbons (Fsp3) is 0.917. The van der Waals surface area contributed by atoms with Crippen LogP contribution in [-0.2, 0) is 4.79 Å². The average molecular weight is 264 g/mol. The Hall–Kier alpha value is -0.780. The van der Waals surface area contributed by atoms with Gasteiger partial charge in [0.25, 0.3) is 0 Å². The summed E-state index contributed by atoms with van der Waals surface area (Å²) in [7, 11) is 0. The van der Waals surface area contributed by atoms with Gasteiger partial charge >= 0.3 is 6.18 Å². The van der Waals surface area contributed by atoms with Crippen molar-refractivity contribution in [1.29, 1.82) is 0 Å². The van der Waals surface area contributed by atoms with Crippen molar-refractivity contribution in [2.45, 2.75) is 57.4 Å². The Balaban J connectivity index is 2.12. The van der Waals surface area contributed by atoms with Crippen molar-refractivity contribution in [3.63, 3.8) is 0 Å². The Bertz CT molecular complexity index is 313. The molecule has 2 atom stereocenters. The summed E-state index contributed by atoms with van der Waals surface area (Å²) in [6, 6.07) is -0.446. The molecule has 1 N–H and O–H groups in total. The lowest BCUT2D eigenvalue weighted by Gasteiger charge is -2.29. The first-order valence-electron chi connectivity index (χ1n) is 6.55. The largest absolute Gasteiger partial charge is 0.406 e. The van der Waals surface area contributed by atoms with Gasteiger partial charge in [-0.1, -0.05) is 19.8 Å². The Kier molecular flexibility index (Phi) is 3.84. The third kappa shape index (κ3) is 2.79. The van der Waals surface area contributed by atoms with E-state index in [-0.39, 0.29) is 5.92 Å². The molecule has 6 heteroatoms. The van der Waals surface area contributed by atoms with E-state index in [0.29, 0.717) is 6.42 Å². The third-order valence-electron chi connectivity index (χ3n) is 3.89. The van der Waals surface area contributed by atoms with Crippen LogP contribution in [0.25, 0.3) is 0 Å². The first kappa shape index (κ1) is 13.6. The average Bonchev–Trinajstić information content (AvgIpc) is 2.87. The van der Waals surface area contributed by atoms with Gasteiger partial charge < -0.3 is 4.90 Å². The number of alkyl halides is 3. The minimum Gasteiger partial charge on any atom is -0.316 e. The van der Waals surface area contributed by atoms with Gasteiger partial charge in [-0.2, -0.15) is 13.2 Å². The second-order valence-electron chi connectivity index (χ2n) is 5.20. The van der Waals surface area contributed by atoms with E-state index in [1.165, 1.54) is 0 Å². The van der Waals surface area contributed by atoms with Gasteiger partial charge in [0.1, 0.15) is 6.54 Å². The summed E-state index contributed by atoms with van der Waals surface area (Å²) in [6.07, 6.45) is -0.285. The number of hydrogen-bond donors (Lipinski definition) is 1. The maximum absolute atomic E-state index is 12.6. The van der Waals surface area contributed by atoms with Crippen molar-refractivity contribution in [3.05, 3.63) is 0 Å². The number of carbonyl (C=O) groups excluding carboxylic acids is 1. The number of hydrogen-bond acceptors (Lipinski definition) is 2. The second-order valence-corrected chi connectivity index (χ2v) is 5.20. The molecule has 0 aromatic rings. The second kappa shape index (κ2) is 5.07. The maximum Gasteiger partial charge on any atom is 0.406 e. The fourth-order valence-electron chi connectivity index (χ4n) is 3.03. The standard InChI is InChI=1S/C12H19F3N2O/c1-2-9-11(18)17(7-12(13,14)15)10(16-9)8-5-3-4-6-8/h8-10,16H,2-7H2,1H3. The number of amides is 1. The first-order chi connectivity index (χ1) is 8.42. The molecule has 2 unspecified atom stereocenters. The summed E-state index contributed by atoms with van der Waals surface area (Å²) >= 11 is 0. The molecule has 18 heavy (non-hydrogen) atoms. The molecule has 0 bridgehead atoms. The van der Waals surface area contributed by atoms with Crippen LogP contribution >= 0.6 is 0 Å². The van der Waals surface area contributed by atoms with Crippen LogP contribution in [0.4, 0.5) is 13.2 Å². The molecule has 1 saturated heterocycles. The van der Waals surface area contributed by atoms with Gasteiger partial charge in [-0.3, -0.25) is 10.1 Å². The van der Waals surface area contributed by atoms with Crippen molar-refractivity contribution in [2.75, 3.05) is 6.54 Å². The van der Waals surface area contributed by atoms with Gasteiger partial charge in [-0.15, -0.1) is 0 Å². The van der Waals surface area contributed by atoms with E-state index < -0.39 is 30.8 Å². The van der Waals surface area contributed by atoms with Crippen LogP contribution in [0.5, 0.6) is 0 Å². The summed E-state index contributed by atoms with van der Waals surface area (Å²) in [5.74, 6) is -0.223. The minimum atomic E-state index is -4.32. The van der Waals surface area contributed by atoms with Gasteiger partial charge in [-0.25, -0.2) is 0 Å². The fourth-order valence-corrected chi connectivity index (χ4v) is 3.03. The van der Waals surface area contributed by atoms with Gasteiger partial charge in [0.2, 0.25) is 5.91 Å².